The molecule has 0 atom stereocenters. The molecular formula is C16H27ClN4O. The molecule has 1 amide bonds. The first kappa shape index (κ1) is 18.9. The standard InChI is InChI=1S/C16H26N4O.ClH/c1-17-12-16(21)18-11-14-3-5-15(6-4-14)13-20-9-7-19(2)8-10-20;/h3-6,17H,7-13H2,1-2H3,(H,18,21);1H. The van der Waals surface area contributed by atoms with Crippen LogP contribution in [-0.4, -0.2) is 62.5 Å². The molecule has 22 heavy (non-hydrogen) atoms. The van der Waals surface area contributed by atoms with Crippen LogP contribution in [-0.2, 0) is 17.9 Å². The van der Waals surface area contributed by atoms with Crippen LogP contribution < -0.4 is 10.6 Å². The molecule has 1 aromatic carbocycles. The maximum absolute atomic E-state index is 11.4. The average molecular weight is 327 g/mol. The lowest BCUT2D eigenvalue weighted by atomic mass is 10.1. The molecule has 1 fully saturated rings. The molecule has 0 spiro atoms. The van der Waals surface area contributed by atoms with Gasteiger partial charge in [0.2, 0.25) is 5.91 Å². The average Bonchev–Trinajstić information content (AvgIpc) is 2.49. The maximum Gasteiger partial charge on any atom is 0.234 e. The van der Waals surface area contributed by atoms with Crippen molar-refractivity contribution in [3.05, 3.63) is 35.4 Å². The second-order valence-corrected chi connectivity index (χ2v) is 5.70. The number of amides is 1. The normalized spacial score (nSPS) is 16.1. The molecule has 5 nitrogen and oxygen atoms in total. The molecule has 2 rings (SSSR count). The van der Waals surface area contributed by atoms with Crippen molar-refractivity contribution in [3.63, 3.8) is 0 Å². The minimum Gasteiger partial charge on any atom is -0.351 e. The number of hydrogen-bond donors (Lipinski definition) is 2. The van der Waals surface area contributed by atoms with Crippen LogP contribution in [0.15, 0.2) is 24.3 Å². The van der Waals surface area contributed by atoms with E-state index < -0.39 is 0 Å². The molecule has 2 N–H and O–H groups in total. The Morgan fingerprint density at radius 3 is 2.27 bits per heavy atom. The van der Waals surface area contributed by atoms with Gasteiger partial charge in [-0.25, -0.2) is 0 Å². The van der Waals surface area contributed by atoms with Crippen LogP contribution in [0.5, 0.6) is 0 Å². The Balaban J connectivity index is 0.00000242. The fourth-order valence-corrected chi connectivity index (χ4v) is 2.45. The van der Waals surface area contributed by atoms with E-state index in [1.165, 1.54) is 5.56 Å². The zero-order chi connectivity index (χ0) is 15.1. The summed E-state index contributed by atoms with van der Waals surface area (Å²) < 4.78 is 0. The Morgan fingerprint density at radius 2 is 1.68 bits per heavy atom. The molecule has 0 unspecified atom stereocenters. The van der Waals surface area contributed by atoms with Crippen molar-refractivity contribution >= 4 is 18.3 Å². The molecule has 0 bridgehead atoms. The molecule has 1 saturated heterocycles. The number of carbonyl (C=O) groups is 1. The van der Waals surface area contributed by atoms with E-state index in [0.29, 0.717) is 13.1 Å². The molecule has 1 aliphatic heterocycles. The number of hydrogen-bond acceptors (Lipinski definition) is 4. The summed E-state index contributed by atoms with van der Waals surface area (Å²) in [5.74, 6) is 0.0269. The summed E-state index contributed by atoms with van der Waals surface area (Å²) in [6, 6.07) is 8.53. The summed E-state index contributed by atoms with van der Waals surface area (Å²) in [6.07, 6.45) is 0. The second-order valence-electron chi connectivity index (χ2n) is 5.70. The van der Waals surface area contributed by atoms with E-state index in [-0.39, 0.29) is 18.3 Å². The van der Waals surface area contributed by atoms with E-state index in [9.17, 15) is 4.79 Å². The van der Waals surface area contributed by atoms with Crippen molar-refractivity contribution in [3.8, 4) is 0 Å². The first-order valence-electron chi connectivity index (χ1n) is 7.57. The van der Waals surface area contributed by atoms with Crippen molar-refractivity contribution in [1.82, 2.24) is 20.4 Å². The zero-order valence-corrected chi connectivity index (χ0v) is 14.3. The number of nitrogens with zero attached hydrogens (tertiary/aromatic N) is 2. The van der Waals surface area contributed by atoms with Gasteiger partial charge < -0.3 is 15.5 Å². The largest absolute Gasteiger partial charge is 0.351 e. The van der Waals surface area contributed by atoms with Gasteiger partial charge >= 0.3 is 0 Å². The van der Waals surface area contributed by atoms with Crippen LogP contribution in [0.2, 0.25) is 0 Å². The lowest BCUT2D eigenvalue weighted by Gasteiger charge is -2.32. The predicted octanol–water partition coefficient (Wildman–Crippen LogP) is 0.691. The highest BCUT2D eigenvalue weighted by atomic mass is 35.5. The second kappa shape index (κ2) is 9.79. The number of nitrogens with one attached hydrogen (secondary N) is 2. The van der Waals surface area contributed by atoms with Crippen LogP contribution in [0.1, 0.15) is 11.1 Å². The summed E-state index contributed by atoms with van der Waals surface area (Å²) >= 11 is 0. The molecule has 1 heterocycles. The highest BCUT2D eigenvalue weighted by molar-refractivity contribution is 5.85. The number of likely N-dealkylation sites (N-methyl/N-ethyl adjacent to an activating group) is 2. The van der Waals surface area contributed by atoms with E-state index >= 15 is 0 Å². The molecule has 1 aromatic rings. The molecule has 0 aromatic heterocycles. The highest BCUT2D eigenvalue weighted by Gasteiger charge is 2.13. The smallest absolute Gasteiger partial charge is 0.234 e. The van der Waals surface area contributed by atoms with Gasteiger partial charge in [-0.2, -0.15) is 0 Å². The van der Waals surface area contributed by atoms with Crippen LogP contribution in [0.3, 0.4) is 0 Å². The van der Waals surface area contributed by atoms with Crippen LogP contribution in [0.25, 0.3) is 0 Å². The molecule has 0 saturated carbocycles. The third-order valence-corrected chi connectivity index (χ3v) is 3.85. The van der Waals surface area contributed by atoms with Gasteiger partial charge in [0.05, 0.1) is 6.54 Å². The molecule has 124 valence electrons. The maximum atomic E-state index is 11.4. The van der Waals surface area contributed by atoms with Crippen LogP contribution >= 0.6 is 12.4 Å². The Morgan fingerprint density at radius 1 is 1.09 bits per heavy atom. The SMILES string of the molecule is CNCC(=O)NCc1ccc(CN2CCN(C)CC2)cc1.Cl. The first-order valence-corrected chi connectivity index (χ1v) is 7.57. The van der Waals surface area contributed by atoms with Gasteiger partial charge in [0, 0.05) is 39.3 Å². The number of carbonyl (C=O) groups excluding carboxylic acids is 1. The van der Waals surface area contributed by atoms with Crippen LogP contribution in [0, 0.1) is 0 Å². The minimum absolute atomic E-state index is 0. The first-order chi connectivity index (χ1) is 10.2. The Labute approximate surface area is 139 Å². The fourth-order valence-electron chi connectivity index (χ4n) is 2.45. The molecule has 0 aliphatic carbocycles. The Kier molecular flexibility index (Phi) is 8.42. The van der Waals surface area contributed by atoms with E-state index in [1.807, 2.05) is 0 Å². The van der Waals surface area contributed by atoms with Crippen molar-refractivity contribution in [1.29, 1.82) is 0 Å². The summed E-state index contributed by atoms with van der Waals surface area (Å²) in [7, 11) is 3.95. The van der Waals surface area contributed by atoms with Crippen molar-refractivity contribution in [2.45, 2.75) is 13.1 Å². The van der Waals surface area contributed by atoms with Crippen LogP contribution in [0.4, 0.5) is 0 Å². The summed E-state index contributed by atoms with van der Waals surface area (Å²) in [5.41, 5.74) is 2.48. The summed E-state index contributed by atoms with van der Waals surface area (Å²) in [5, 5.41) is 5.73. The molecular weight excluding hydrogens is 300 g/mol. The van der Waals surface area contributed by atoms with E-state index in [1.54, 1.807) is 7.05 Å². The number of benzene rings is 1. The van der Waals surface area contributed by atoms with E-state index in [2.05, 4.69) is 51.7 Å². The summed E-state index contributed by atoms with van der Waals surface area (Å²) in [4.78, 5) is 16.2. The van der Waals surface area contributed by atoms with E-state index in [4.69, 9.17) is 0 Å². The number of piperazine rings is 1. The third kappa shape index (κ3) is 6.32. The van der Waals surface area contributed by atoms with Gasteiger partial charge in [-0.15, -0.1) is 12.4 Å². The van der Waals surface area contributed by atoms with Gasteiger partial charge in [0.15, 0.2) is 0 Å². The van der Waals surface area contributed by atoms with Crippen molar-refractivity contribution in [2.75, 3.05) is 46.8 Å². The fraction of sp³-hybridized carbons (Fsp3) is 0.562. The number of rotatable bonds is 6. The highest BCUT2D eigenvalue weighted by Crippen LogP contribution is 2.09. The number of halogens is 1. The third-order valence-electron chi connectivity index (χ3n) is 3.85. The van der Waals surface area contributed by atoms with Gasteiger partial charge in [-0.1, -0.05) is 24.3 Å². The Bertz CT molecular complexity index is 444. The topological polar surface area (TPSA) is 47.6 Å². The molecule has 1 aliphatic rings. The lowest BCUT2D eigenvalue weighted by molar-refractivity contribution is -0.120. The molecule has 6 heteroatoms. The summed E-state index contributed by atoms with van der Waals surface area (Å²) in [6.45, 7) is 6.54. The van der Waals surface area contributed by atoms with Gasteiger partial charge in [0.1, 0.15) is 0 Å². The minimum atomic E-state index is 0. The van der Waals surface area contributed by atoms with Gasteiger partial charge in [-0.05, 0) is 25.2 Å². The zero-order valence-electron chi connectivity index (χ0n) is 13.5. The Hall–Kier alpha value is -1.14. The quantitative estimate of drug-likeness (QED) is 0.807. The van der Waals surface area contributed by atoms with Gasteiger partial charge in [-0.3, -0.25) is 9.69 Å². The van der Waals surface area contributed by atoms with Crippen molar-refractivity contribution in [2.24, 2.45) is 0 Å². The van der Waals surface area contributed by atoms with Gasteiger partial charge in [0.25, 0.3) is 0 Å². The lowest BCUT2D eigenvalue weighted by Crippen LogP contribution is -2.43. The molecule has 0 radical (unpaired) electrons. The van der Waals surface area contributed by atoms with Crippen molar-refractivity contribution < 1.29 is 4.79 Å². The van der Waals surface area contributed by atoms with E-state index in [0.717, 1.165) is 38.3 Å². The predicted molar refractivity (Wildman–Crippen MR) is 92.2 cm³/mol. The monoisotopic (exact) mass is 326 g/mol.